The van der Waals surface area contributed by atoms with Crippen molar-refractivity contribution >= 4 is 17.7 Å². The Morgan fingerprint density at radius 2 is 1.83 bits per heavy atom. The molecule has 1 aromatic heterocycles. The zero-order valence-electron chi connectivity index (χ0n) is 16.7. The summed E-state index contributed by atoms with van der Waals surface area (Å²) in [6, 6.07) is 17.2. The van der Waals surface area contributed by atoms with E-state index in [0.717, 1.165) is 16.9 Å². The number of carbonyl (C=O) groups is 1. The minimum Gasteiger partial charge on any atom is -0.497 e. The number of ether oxygens (including phenoxy) is 1. The Balaban J connectivity index is 1.63. The first-order valence-corrected chi connectivity index (χ1v) is 10.3. The van der Waals surface area contributed by atoms with Crippen LogP contribution in [0.1, 0.15) is 25.5 Å². The molecule has 29 heavy (non-hydrogen) atoms. The third kappa shape index (κ3) is 5.08. The number of aromatic nitrogens is 3. The van der Waals surface area contributed by atoms with E-state index >= 15 is 0 Å². The Kier molecular flexibility index (Phi) is 6.77. The highest BCUT2D eigenvalue weighted by molar-refractivity contribution is 7.99. The van der Waals surface area contributed by atoms with Gasteiger partial charge in [-0.15, -0.1) is 10.2 Å². The lowest BCUT2D eigenvalue weighted by atomic mass is 9.96. The van der Waals surface area contributed by atoms with Crippen molar-refractivity contribution in [3.63, 3.8) is 0 Å². The highest BCUT2D eigenvalue weighted by Crippen LogP contribution is 2.25. The zero-order chi connectivity index (χ0) is 20.8. The number of rotatable bonds is 8. The Morgan fingerprint density at radius 3 is 2.45 bits per heavy atom. The van der Waals surface area contributed by atoms with Crippen LogP contribution in [0.5, 0.6) is 5.75 Å². The molecule has 152 valence electrons. The van der Waals surface area contributed by atoms with Gasteiger partial charge in [0.05, 0.1) is 18.9 Å². The molecule has 1 atom stereocenters. The molecule has 0 bridgehead atoms. The second-order valence-corrected chi connectivity index (χ2v) is 7.84. The molecule has 8 heteroatoms. The van der Waals surface area contributed by atoms with Crippen molar-refractivity contribution in [2.24, 2.45) is 5.92 Å². The topological polar surface area (TPSA) is 95.1 Å². The number of hydrogen-bond donors (Lipinski definition) is 2. The number of carbonyl (C=O) groups excluding carboxylic acids is 1. The van der Waals surface area contributed by atoms with Gasteiger partial charge in [0.1, 0.15) is 5.75 Å². The Labute approximate surface area is 174 Å². The lowest BCUT2D eigenvalue weighted by Crippen LogP contribution is -2.33. The second kappa shape index (κ2) is 9.47. The van der Waals surface area contributed by atoms with E-state index in [1.54, 1.807) is 7.11 Å². The number of nitrogens with one attached hydrogen (secondary N) is 1. The van der Waals surface area contributed by atoms with Crippen LogP contribution in [0.15, 0.2) is 59.8 Å². The van der Waals surface area contributed by atoms with Crippen molar-refractivity contribution in [1.29, 1.82) is 0 Å². The molecule has 0 aliphatic rings. The van der Waals surface area contributed by atoms with Crippen molar-refractivity contribution in [2.75, 3.05) is 18.7 Å². The molecular weight excluding hydrogens is 386 g/mol. The standard InChI is InChI=1S/C21H25N5O2S/c1-14(2)19(15-9-11-17(28-3)12-10-15)23-18(27)13-29-21-25-24-20(26(21)22)16-7-5-4-6-8-16/h4-12,14,19H,13,22H2,1-3H3,(H,23,27). The first-order valence-electron chi connectivity index (χ1n) is 9.31. The number of methoxy groups -OCH3 is 1. The van der Waals surface area contributed by atoms with Gasteiger partial charge in [-0.3, -0.25) is 4.79 Å². The third-order valence-corrected chi connectivity index (χ3v) is 5.43. The van der Waals surface area contributed by atoms with Crippen molar-refractivity contribution in [2.45, 2.75) is 25.0 Å². The maximum atomic E-state index is 12.6. The summed E-state index contributed by atoms with van der Waals surface area (Å²) in [6.45, 7) is 4.15. The minimum absolute atomic E-state index is 0.0891. The van der Waals surface area contributed by atoms with Crippen molar-refractivity contribution in [3.05, 3.63) is 60.2 Å². The van der Waals surface area contributed by atoms with Crippen LogP contribution in [0.3, 0.4) is 0 Å². The van der Waals surface area contributed by atoms with Gasteiger partial charge in [0.25, 0.3) is 0 Å². The fourth-order valence-corrected chi connectivity index (χ4v) is 3.62. The lowest BCUT2D eigenvalue weighted by molar-refractivity contribution is -0.119. The molecule has 0 saturated carbocycles. The van der Waals surface area contributed by atoms with E-state index in [1.807, 2.05) is 54.6 Å². The lowest BCUT2D eigenvalue weighted by Gasteiger charge is -2.23. The van der Waals surface area contributed by atoms with Gasteiger partial charge >= 0.3 is 0 Å². The maximum Gasteiger partial charge on any atom is 0.230 e. The first kappa shape index (κ1) is 20.7. The van der Waals surface area contributed by atoms with Crippen LogP contribution in [0.4, 0.5) is 0 Å². The SMILES string of the molecule is COc1ccc(C(NC(=O)CSc2nnc(-c3ccccc3)n2N)C(C)C)cc1. The number of nitrogen functional groups attached to an aromatic ring is 1. The molecule has 3 N–H and O–H groups in total. The summed E-state index contributed by atoms with van der Waals surface area (Å²) in [5, 5.41) is 11.8. The van der Waals surface area contributed by atoms with Crippen LogP contribution >= 0.6 is 11.8 Å². The molecule has 2 aromatic carbocycles. The summed E-state index contributed by atoms with van der Waals surface area (Å²) in [4.78, 5) is 12.6. The van der Waals surface area contributed by atoms with Crippen LogP contribution in [0, 0.1) is 5.92 Å². The van der Waals surface area contributed by atoms with Gasteiger partial charge in [-0.05, 0) is 23.6 Å². The van der Waals surface area contributed by atoms with E-state index in [4.69, 9.17) is 10.6 Å². The number of benzene rings is 2. The predicted molar refractivity (Wildman–Crippen MR) is 115 cm³/mol. The van der Waals surface area contributed by atoms with Crippen molar-refractivity contribution < 1.29 is 9.53 Å². The molecule has 0 aliphatic carbocycles. The molecule has 0 aliphatic heterocycles. The van der Waals surface area contributed by atoms with E-state index in [9.17, 15) is 4.79 Å². The Morgan fingerprint density at radius 1 is 1.14 bits per heavy atom. The monoisotopic (exact) mass is 411 g/mol. The smallest absolute Gasteiger partial charge is 0.230 e. The Bertz CT molecular complexity index is 941. The normalized spacial score (nSPS) is 12.0. The van der Waals surface area contributed by atoms with E-state index in [0.29, 0.717) is 11.0 Å². The molecule has 1 heterocycles. The molecule has 0 spiro atoms. The van der Waals surface area contributed by atoms with Gasteiger partial charge in [-0.2, -0.15) is 0 Å². The molecule has 1 unspecified atom stereocenters. The molecular formula is C21H25N5O2S. The summed E-state index contributed by atoms with van der Waals surface area (Å²) in [5.41, 5.74) is 1.91. The van der Waals surface area contributed by atoms with Crippen molar-refractivity contribution in [1.82, 2.24) is 20.2 Å². The second-order valence-electron chi connectivity index (χ2n) is 6.89. The highest BCUT2D eigenvalue weighted by Gasteiger charge is 2.20. The fourth-order valence-electron chi connectivity index (χ4n) is 2.95. The number of amides is 1. The number of nitrogens with zero attached hydrogens (tertiary/aromatic N) is 3. The van der Waals surface area contributed by atoms with Gasteiger partial charge < -0.3 is 15.9 Å². The molecule has 3 rings (SSSR count). The molecule has 7 nitrogen and oxygen atoms in total. The largest absolute Gasteiger partial charge is 0.497 e. The van der Waals surface area contributed by atoms with Crippen LogP contribution in [-0.4, -0.2) is 33.6 Å². The summed E-state index contributed by atoms with van der Waals surface area (Å²) in [7, 11) is 1.63. The summed E-state index contributed by atoms with van der Waals surface area (Å²) < 4.78 is 6.62. The maximum absolute atomic E-state index is 12.6. The first-order chi connectivity index (χ1) is 14.0. The van der Waals surface area contributed by atoms with Gasteiger partial charge in [-0.25, -0.2) is 4.68 Å². The summed E-state index contributed by atoms with van der Waals surface area (Å²) in [6.07, 6.45) is 0. The van der Waals surface area contributed by atoms with E-state index in [2.05, 4.69) is 29.4 Å². The minimum atomic E-state index is -0.0929. The molecule has 3 aromatic rings. The Hall–Kier alpha value is -3.00. The average molecular weight is 412 g/mol. The molecule has 0 saturated heterocycles. The van der Waals surface area contributed by atoms with Crippen LogP contribution in [-0.2, 0) is 4.79 Å². The van der Waals surface area contributed by atoms with Gasteiger partial charge in [0.15, 0.2) is 5.82 Å². The predicted octanol–water partition coefficient (Wildman–Crippen LogP) is 3.27. The summed E-state index contributed by atoms with van der Waals surface area (Å²) >= 11 is 1.26. The van der Waals surface area contributed by atoms with E-state index < -0.39 is 0 Å². The fraction of sp³-hybridized carbons (Fsp3) is 0.286. The quantitative estimate of drug-likeness (QED) is 0.436. The van der Waals surface area contributed by atoms with E-state index in [-0.39, 0.29) is 23.6 Å². The number of thioether (sulfide) groups is 1. The zero-order valence-corrected chi connectivity index (χ0v) is 17.5. The molecule has 1 amide bonds. The number of nitrogens with two attached hydrogens (primary N) is 1. The van der Waals surface area contributed by atoms with Gasteiger partial charge in [0, 0.05) is 5.56 Å². The third-order valence-electron chi connectivity index (χ3n) is 4.49. The van der Waals surface area contributed by atoms with Gasteiger partial charge in [0.2, 0.25) is 11.1 Å². The van der Waals surface area contributed by atoms with Crippen molar-refractivity contribution in [3.8, 4) is 17.1 Å². The molecule has 0 radical (unpaired) electrons. The average Bonchev–Trinajstić information content (AvgIpc) is 3.11. The highest BCUT2D eigenvalue weighted by atomic mass is 32.2. The number of hydrogen-bond acceptors (Lipinski definition) is 6. The van der Waals surface area contributed by atoms with Crippen LogP contribution < -0.4 is 15.9 Å². The van der Waals surface area contributed by atoms with E-state index in [1.165, 1.54) is 16.4 Å². The molecule has 0 fully saturated rings. The van der Waals surface area contributed by atoms with Crippen LogP contribution in [0.25, 0.3) is 11.4 Å². The van der Waals surface area contributed by atoms with Gasteiger partial charge in [-0.1, -0.05) is 68.1 Å². The van der Waals surface area contributed by atoms with Crippen LogP contribution in [0.2, 0.25) is 0 Å². The summed E-state index contributed by atoms with van der Waals surface area (Å²) in [5.74, 6) is 7.81.